The minimum Gasteiger partial charge on any atom is -0.481 e. The highest BCUT2D eigenvalue weighted by Gasteiger charge is 2.48. The number of aliphatic carboxylic acids is 1. The summed E-state index contributed by atoms with van der Waals surface area (Å²) in [5, 5.41) is 16.3. The number of hydrogen-bond donors (Lipinski definition) is 2. The SMILES string of the molecule is CC(C)C1(C(=O)O)CCN(C(=O)NCCn2cccn2)C1. The number of urea groups is 1. The Hall–Kier alpha value is -2.05. The van der Waals surface area contributed by atoms with Crippen molar-refractivity contribution >= 4 is 12.0 Å². The molecule has 2 amide bonds. The van der Waals surface area contributed by atoms with Crippen LogP contribution in [0.3, 0.4) is 0 Å². The maximum atomic E-state index is 12.1. The number of aromatic nitrogens is 2. The molecule has 2 heterocycles. The number of amides is 2. The highest BCUT2D eigenvalue weighted by molar-refractivity contribution is 5.80. The van der Waals surface area contributed by atoms with E-state index in [1.807, 2.05) is 26.1 Å². The molecule has 0 aliphatic carbocycles. The second-order valence-electron chi connectivity index (χ2n) is 5.79. The van der Waals surface area contributed by atoms with Gasteiger partial charge in [0.15, 0.2) is 0 Å². The molecule has 1 aliphatic heterocycles. The second kappa shape index (κ2) is 6.15. The summed E-state index contributed by atoms with van der Waals surface area (Å²) in [4.78, 5) is 25.2. The predicted octanol–water partition coefficient (Wildman–Crippen LogP) is 1.03. The molecular weight excluding hydrogens is 272 g/mol. The molecule has 7 heteroatoms. The average molecular weight is 294 g/mol. The number of rotatable bonds is 5. The topological polar surface area (TPSA) is 87.5 Å². The average Bonchev–Trinajstić information content (AvgIpc) is 3.08. The summed E-state index contributed by atoms with van der Waals surface area (Å²) in [7, 11) is 0. The lowest BCUT2D eigenvalue weighted by molar-refractivity contribution is -0.150. The predicted molar refractivity (Wildman–Crippen MR) is 76.7 cm³/mol. The number of nitrogens with zero attached hydrogens (tertiary/aromatic N) is 3. The molecule has 7 nitrogen and oxygen atoms in total. The number of carboxylic acid groups (broad SMARTS) is 1. The number of carbonyl (C=O) groups is 2. The van der Waals surface area contributed by atoms with E-state index in [2.05, 4.69) is 10.4 Å². The molecule has 1 unspecified atom stereocenters. The lowest BCUT2D eigenvalue weighted by atomic mass is 9.76. The Balaban J connectivity index is 1.85. The van der Waals surface area contributed by atoms with Crippen LogP contribution in [0.5, 0.6) is 0 Å². The van der Waals surface area contributed by atoms with Gasteiger partial charge in [-0.2, -0.15) is 5.10 Å². The van der Waals surface area contributed by atoms with E-state index >= 15 is 0 Å². The van der Waals surface area contributed by atoms with Crippen LogP contribution in [0.4, 0.5) is 4.79 Å². The third-order valence-electron chi connectivity index (χ3n) is 4.30. The Morgan fingerprint density at radius 2 is 2.24 bits per heavy atom. The Labute approximate surface area is 123 Å². The Kier molecular flexibility index (Phi) is 4.50. The number of carbonyl (C=O) groups excluding carboxylic acids is 1. The quantitative estimate of drug-likeness (QED) is 0.849. The highest BCUT2D eigenvalue weighted by Crippen LogP contribution is 2.38. The zero-order valence-electron chi connectivity index (χ0n) is 12.5. The molecule has 1 aliphatic rings. The Morgan fingerprint density at radius 3 is 2.76 bits per heavy atom. The van der Waals surface area contributed by atoms with E-state index < -0.39 is 11.4 Å². The first-order valence-electron chi connectivity index (χ1n) is 7.19. The van der Waals surface area contributed by atoms with Crippen LogP contribution in [0.15, 0.2) is 18.5 Å². The largest absolute Gasteiger partial charge is 0.481 e. The fourth-order valence-electron chi connectivity index (χ4n) is 2.72. The summed E-state index contributed by atoms with van der Waals surface area (Å²) < 4.78 is 1.74. The van der Waals surface area contributed by atoms with Crippen molar-refractivity contribution in [2.75, 3.05) is 19.6 Å². The van der Waals surface area contributed by atoms with E-state index in [0.717, 1.165) is 0 Å². The highest BCUT2D eigenvalue weighted by atomic mass is 16.4. The van der Waals surface area contributed by atoms with Gasteiger partial charge in [0.25, 0.3) is 0 Å². The standard InChI is InChI=1S/C14H22N4O3/c1-11(2)14(12(19)20)4-8-17(10-14)13(21)15-6-9-18-7-3-5-16-18/h3,5,7,11H,4,6,8-10H2,1-2H3,(H,15,21)(H,19,20). The smallest absolute Gasteiger partial charge is 0.317 e. The van der Waals surface area contributed by atoms with Crippen LogP contribution >= 0.6 is 0 Å². The number of nitrogens with one attached hydrogen (secondary N) is 1. The molecule has 0 aromatic carbocycles. The van der Waals surface area contributed by atoms with Crippen molar-refractivity contribution < 1.29 is 14.7 Å². The molecule has 21 heavy (non-hydrogen) atoms. The zero-order chi connectivity index (χ0) is 15.5. The van der Waals surface area contributed by atoms with Crippen molar-refractivity contribution in [3.05, 3.63) is 18.5 Å². The number of hydrogen-bond acceptors (Lipinski definition) is 3. The number of carboxylic acids is 1. The lowest BCUT2D eigenvalue weighted by Gasteiger charge is -2.28. The summed E-state index contributed by atoms with van der Waals surface area (Å²) >= 11 is 0. The maximum Gasteiger partial charge on any atom is 0.317 e. The van der Waals surface area contributed by atoms with E-state index in [1.165, 1.54) is 0 Å². The Morgan fingerprint density at radius 1 is 1.48 bits per heavy atom. The summed E-state index contributed by atoms with van der Waals surface area (Å²) in [6, 6.07) is 1.62. The van der Waals surface area contributed by atoms with E-state index in [4.69, 9.17) is 0 Å². The van der Waals surface area contributed by atoms with Gasteiger partial charge in [0, 0.05) is 32.0 Å². The first-order valence-corrected chi connectivity index (χ1v) is 7.19. The van der Waals surface area contributed by atoms with Crippen LogP contribution in [0.2, 0.25) is 0 Å². The fraction of sp³-hybridized carbons (Fsp3) is 0.643. The molecule has 0 saturated carbocycles. The van der Waals surface area contributed by atoms with Gasteiger partial charge in [0.1, 0.15) is 0 Å². The van der Waals surface area contributed by atoms with Crippen LogP contribution in [0.25, 0.3) is 0 Å². The molecule has 1 aromatic rings. The monoisotopic (exact) mass is 294 g/mol. The van der Waals surface area contributed by atoms with Gasteiger partial charge < -0.3 is 15.3 Å². The van der Waals surface area contributed by atoms with Crippen LogP contribution in [0.1, 0.15) is 20.3 Å². The van der Waals surface area contributed by atoms with Crippen molar-refractivity contribution in [3.63, 3.8) is 0 Å². The van der Waals surface area contributed by atoms with Crippen LogP contribution in [-0.4, -0.2) is 51.4 Å². The normalized spacial score (nSPS) is 21.8. The molecule has 0 spiro atoms. The van der Waals surface area contributed by atoms with Gasteiger partial charge in [-0.1, -0.05) is 13.8 Å². The van der Waals surface area contributed by atoms with Crippen molar-refractivity contribution in [1.82, 2.24) is 20.0 Å². The molecule has 2 rings (SSSR count). The minimum atomic E-state index is -0.820. The second-order valence-corrected chi connectivity index (χ2v) is 5.79. The molecule has 2 N–H and O–H groups in total. The first-order chi connectivity index (χ1) is 9.95. The van der Waals surface area contributed by atoms with E-state index in [-0.39, 0.29) is 18.5 Å². The first kappa shape index (κ1) is 15.3. The van der Waals surface area contributed by atoms with Crippen LogP contribution < -0.4 is 5.32 Å². The fourth-order valence-corrected chi connectivity index (χ4v) is 2.72. The van der Waals surface area contributed by atoms with Gasteiger partial charge in [-0.25, -0.2) is 4.79 Å². The molecule has 0 bridgehead atoms. The van der Waals surface area contributed by atoms with E-state index in [9.17, 15) is 14.7 Å². The summed E-state index contributed by atoms with van der Waals surface area (Å²) in [6.45, 7) is 5.62. The van der Waals surface area contributed by atoms with Gasteiger partial charge in [0.05, 0.1) is 12.0 Å². The van der Waals surface area contributed by atoms with E-state index in [0.29, 0.717) is 26.1 Å². The Bertz CT molecular complexity index is 500. The molecule has 116 valence electrons. The molecule has 1 fully saturated rings. The molecule has 0 radical (unpaired) electrons. The van der Waals surface area contributed by atoms with Crippen molar-refractivity contribution in [1.29, 1.82) is 0 Å². The van der Waals surface area contributed by atoms with Gasteiger partial charge >= 0.3 is 12.0 Å². The van der Waals surface area contributed by atoms with E-state index in [1.54, 1.807) is 15.8 Å². The summed E-state index contributed by atoms with van der Waals surface area (Å²) in [6.07, 6.45) is 4.02. The third kappa shape index (κ3) is 3.17. The lowest BCUT2D eigenvalue weighted by Crippen LogP contribution is -2.44. The van der Waals surface area contributed by atoms with Crippen molar-refractivity contribution in [2.24, 2.45) is 11.3 Å². The van der Waals surface area contributed by atoms with Gasteiger partial charge in [-0.05, 0) is 18.4 Å². The summed E-state index contributed by atoms with van der Waals surface area (Å²) in [5.41, 5.74) is -0.820. The van der Waals surface area contributed by atoms with Gasteiger partial charge in [-0.15, -0.1) is 0 Å². The number of likely N-dealkylation sites (tertiary alicyclic amines) is 1. The molecule has 1 aromatic heterocycles. The minimum absolute atomic E-state index is 0.00289. The molecule has 1 saturated heterocycles. The molecular formula is C14H22N4O3. The van der Waals surface area contributed by atoms with Crippen molar-refractivity contribution in [2.45, 2.75) is 26.8 Å². The summed E-state index contributed by atoms with van der Waals surface area (Å²) in [5.74, 6) is -0.818. The van der Waals surface area contributed by atoms with Crippen LogP contribution in [0, 0.1) is 11.3 Å². The third-order valence-corrected chi connectivity index (χ3v) is 4.30. The molecule has 1 atom stereocenters. The van der Waals surface area contributed by atoms with Crippen molar-refractivity contribution in [3.8, 4) is 0 Å². The maximum absolute atomic E-state index is 12.1. The van der Waals surface area contributed by atoms with Gasteiger partial charge in [0.2, 0.25) is 0 Å². The van der Waals surface area contributed by atoms with Crippen LogP contribution in [-0.2, 0) is 11.3 Å². The van der Waals surface area contributed by atoms with Gasteiger partial charge in [-0.3, -0.25) is 9.48 Å². The zero-order valence-corrected chi connectivity index (χ0v) is 12.5.